The third-order valence-corrected chi connectivity index (χ3v) is 8.07. The summed E-state index contributed by atoms with van der Waals surface area (Å²) in [7, 11) is -4.08. The van der Waals surface area contributed by atoms with Crippen LogP contribution in [-0.2, 0) is 21.2 Å². The minimum atomic E-state index is -4.08. The first-order valence-corrected chi connectivity index (χ1v) is 13.5. The Hall–Kier alpha value is -3.61. The number of furan rings is 1. The van der Waals surface area contributed by atoms with E-state index in [-0.39, 0.29) is 47.5 Å². The maximum Gasteiger partial charge on any atom is 0.289 e. The monoisotopic (exact) mass is 525 g/mol. The van der Waals surface area contributed by atoms with Crippen molar-refractivity contribution in [2.24, 2.45) is 0 Å². The van der Waals surface area contributed by atoms with Gasteiger partial charge in [0.2, 0.25) is 15.9 Å². The Kier molecular flexibility index (Phi) is 6.81. The molecule has 3 heterocycles. The van der Waals surface area contributed by atoms with Gasteiger partial charge in [-0.2, -0.15) is 13.5 Å². The summed E-state index contributed by atoms with van der Waals surface area (Å²) in [5.41, 5.74) is 1.57. The molecular weight excluding hydrogens is 502 g/mol. The fourth-order valence-electron chi connectivity index (χ4n) is 4.18. The molecule has 2 amide bonds. The van der Waals surface area contributed by atoms with Gasteiger partial charge in [0.1, 0.15) is 22.0 Å². The predicted octanol–water partition coefficient (Wildman–Crippen LogP) is 2.16. The number of piperazine rings is 1. The minimum Gasteiger partial charge on any atom is -0.459 e. The van der Waals surface area contributed by atoms with Crippen molar-refractivity contribution < 1.29 is 22.4 Å². The van der Waals surface area contributed by atoms with Crippen LogP contribution in [0, 0.1) is 0 Å². The predicted molar refractivity (Wildman–Crippen MR) is 133 cm³/mol. The number of nitrogens with zero attached hydrogens (tertiary/aromatic N) is 4. The van der Waals surface area contributed by atoms with Crippen molar-refractivity contribution in [1.29, 1.82) is 0 Å². The highest BCUT2D eigenvalue weighted by atomic mass is 32.2. The maximum atomic E-state index is 13.6. The Morgan fingerprint density at radius 1 is 0.944 bits per heavy atom. The maximum absolute atomic E-state index is 13.6. The van der Waals surface area contributed by atoms with Crippen LogP contribution in [0.3, 0.4) is 0 Å². The number of nitrogens with one attached hydrogen (secondary N) is 1. The van der Waals surface area contributed by atoms with E-state index in [1.807, 2.05) is 30.3 Å². The quantitative estimate of drug-likeness (QED) is 0.392. The van der Waals surface area contributed by atoms with E-state index >= 15 is 0 Å². The molecule has 1 aliphatic heterocycles. The lowest BCUT2D eigenvalue weighted by atomic mass is 10.1. The van der Waals surface area contributed by atoms with Crippen LogP contribution in [0.4, 0.5) is 0 Å². The molecule has 186 valence electrons. The first kappa shape index (κ1) is 24.1. The standard InChI is InChI=1S/C24H23N5O5S2/c30-23(28-11-13-29(14-12-28)24(31)20-9-5-15-34-20)19(16-17-6-2-1-3-7-17)27-36(32,33)21-10-4-8-18-22(21)26-35-25-18/h1-10,15,19,27H,11-14,16H2. The van der Waals surface area contributed by atoms with Gasteiger partial charge in [-0.1, -0.05) is 36.4 Å². The van der Waals surface area contributed by atoms with Gasteiger partial charge in [-0.15, -0.1) is 0 Å². The smallest absolute Gasteiger partial charge is 0.289 e. The van der Waals surface area contributed by atoms with Gasteiger partial charge in [-0.25, -0.2) is 8.42 Å². The Bertz CT molecular complexity index is 1460. The molecule has 1 unspecified atom stereocenters. The second kappa shape index (κ2) is 10.2. The normalized spacial score (nSPS) is 15.2. The average Bonchev–Trinajstić information content (AvgIpc) is 3.60. The van der Waals surface area contributed by atoms with E-state index in [9.17, 15) is 18.0 Å². The van der Waals surface area contributed by atoms with E-state index in [1.54, 1.807) is 34.1 Å². The first-order valence-electron chi connectivity index (χ1n) is 11.3. The second-order valence-corrected chi connectivity index (χ2v) is 10.6. The third kappa shape index (κ3) is 5.01. The zero-order valence-electron chi connectivity index (χ0n) is 19.1. The van der Waals surface area contributed by atoms with Crippen LogP contribution in [0.15, 0.2) is 76.2 Å². The molecule has 36 heavy (non-hydrogen) atoms. The van der Waals surface area contributed by atoms with E-state index in [0.717, 1.165) is 17.3 Å². The van der Waals surface area contributed by atoms with Gasteiger partial charge >= 0.3 is 0 Å². The van der Waals surface area contributed by atoms with Crippen molar-refractivity contribution in [3.8, 4) is 0 Å². The minimum absolute atomic E-state index is 0.0199. The molecule has 12 heteroatoms. The fourth-order valence-corrected chi connectivity index (χ4v) is 6.14. The van der Waals surface area contributed by atoms with E-state index < -0.39 is 16.1 Å². The van der Waals surface area contributed by atoms with Crippen LogP contribution in [0.25, 0.3) is 11.0 Å². The van der Waals surface area contributed by atoms with Crippen LogP contribution >= 0.6 is 11.7 Å². The molecule has 1 aliphatic rings. The third-order valence-electron chi connectivity index (χ3n) is 6.03. The van der Waals surface area contributed by atoms with Crippen molar-refractivity contribution >= 4 is 44.6 Å². The average molecular weight is 526 g/mol. The molecular formula is C24H23N5O5S2. The number of amides is 2. The second-order valence-electron chi connectivity index (χ2n) is 8.35. The molecule has 0 aliphatic carbocycles. The lowest BCUT2D eigenvalue weighted by Gasteiger charge is -2.36. The summed E-state index contributed by atoms with van der Waals surface area (Å²) >= 11 is 0.929. The zero-order chi connectivity index (χ0) is 25.1. The number of fused-ring (bicyclic) bond motifs is 1. The highest BCUT2D eigenvalue weighted by Crippen LogP contribution is 2.22. The van der Waals surface area contributed by atoms with Crippen molar-refractivity contribution in [1.82, 2.24) is 23.3 Å². The number of benzene rings is 2. The summed E-state index contributed by atoms with van der Waals surface area (Å²) in [6, 6.07) is 16.2. The Morgan fingerprint density at radius 2 is 1.69 bits per heavy atom. The highest BCUT2D eigenvalue weighted by Gasteiger charge is 2.33. The summed E-state index contributed by atoms with van der Waals surface area (Å²) in [6.45, 7) is 1.20. The molecule has 1 fully saturated rings. The van der Waals surface area contributed by atoms with Crippen molar-refractivity contribution in [2.75, 3.05) is 26.2 Å². The van der Waals surface area contributed by atoms with Crippen LogP contribution in [0.5, 0.6) is 0 Å². The molecule has 0 radical (unpaired) electrons. The van der Waals surface area contributed by atoms with Gasteiger partial charge in [-0.05, 0) is 36.2 Å². The topological polar surface area (TPSA) is 126 Å². The van der Waals surface area contributed by atoms with Gasteiger partial charge in [0, 0.05) is 26.2 Å². The summed E-state index contributed by atoms with van der Waals surface area (Å²) in [6.07, 6.45) is 1.62. The highest BCUT2D eigenvalue weighted by molar-refractivity contribution is 7.89. The number of carbonyl (C=O) groups excluding carboxylic acids is 2. The molecule has 0 bridgehead atoms. The number of aromatic nitrogens is 2. The Morgan fingerprint density at radius 3 is 2.42 bits per heavy atom. The largest absolute Gasteiger partial charge is 0.459 e. The summed E-state index contributed by atoms with van der Waals surface area (Å²) in [5.74, 6) is -0.343. The Labute approximate surface area is 211 Å². The van der Waals surface area contributed by atoms with Gasteiger partial charge in [-0.3, -0.25) is 9.59 Å². The number of sulfonamides is 1. The van der Waals surface area contributed by atoms with Gasteiger partial charge < -0.3 is 14.2 Å². The van der Waals surface area contributed by atoms with Crippen LogP contribution in [-0.4, -0.2) is 71.0 Å². The summed E-state index contributed by atoms with van der Waals surface area (Å²) < 4.78 is 42.8. The molecule has 10 nitrogen and oxygen atoms in total. The number of hydrogen-bond acceptors (Lipinski definition) is 8. The van der Waals surface area contributed by atoms with E-state index in [1.165, 1.54) is 12.3 Å². The lowest BCUT2D eigenvalue weighted by molar-refractivity contribution is -0.134. The summed E-state index contributed by atoms with van der Waals surface area (Å²) in [5, 5.41) is 0. The lowest BCUT2D eigenvalue weighted by Crippen LogP contribution is -2.56. The van der Waals surface area contributed by atoms with Crippen molar-refractivity contribution in [3.63, 3.8) is 0 Å². The molecule has 1 atom stereocenters. The van der Waals surface area contributed by atoms with Crippen LogP contribution in [0.2, 0.25) is 0 Å². The van der Waals surface area contributed by atoms with E-state index in [4.69, 9.17) is 4.42 Å². The van der Waals surface area contributed by atoms with Gasteiger partial charge in [0.25, 0.3) is 5.91 Å². The zero-order valence-corrected chi connectivity index (χ0v) is 20.7. The molecule has 1 saturated heterocycles. The summed E-state index contributed by atoms with van der Waals surface area (Å²) in [4.78, 5) is 29.3. The molecule has 2 aromatic heterocycles. The van der Waals surface area contributed by atoms with E-state index in [0.29, 0.717) is 18.6 Å². The molecule has 0 spiro atoms. The Balaban J connectivity index is 1.35. The van der Waals surface area contributed by atoms with Crippen LogP contribution in [0.1, 0.15) is 16.1 Å². The molecule has 5 rings (SSSR count). The molecule has 0 saturated carbocycles. The first-order chi connectivity index (χ1) is 17.4. The number of hydrogen-bond donors (Lipinski definition) is 1. The van der Waals surface area contributed by atoms with E-state index in [2.05, 4.69) is 13.5 Å². The van der Waals surface area contributed by atoms with Crippen LogP contribution < -0.4 is 4.72 Å². The molecule has 4 aromatic rings. The van der Waals surface area contributed by atoms with Gasteiger partial charge in [0.15, 0.2) is 5.76 Å². The molecule has 1 N–H and O–H groups in total. The number of carbonyl (C=O) groups is 2. The molecule has 2 aromatic carbocycles. The van der Waals surface area contributed by atoms with Crippen molar-refractivity contribution in [3.05, 3.63) is 78.3 Å². The fraction of sp³-hybridized carbons (Fsp3) is 0.250. The number of rotatable bonds is 7. The van der Waals surface area contributed by atoms with Gasteiger partial charge in [0.05, 0.1) is 18.0 Å². The van der Waals surface area contributed by atoms with Crippen molar-refractivity contribution in [2.45, 2.75) is 17.4 Å². The SMILES string of the molecule is O=C(c1ccco1)N1CCN(C(=O)C(Cc2ccccc2)NS(=O)(=O)c2cccc3nsnc23)CC1.